The second-order valence-electron chi connectivity index (χ2n) is 6.65. The monoisotopic (exact) mass is 646 g/mol. The van der Waals surface area contributed by atoms with Crippen molar-refractivity contribution < 1.29 is 14.3 Å². The maximum Gasteiger partial charge on any atom is 0.244 e. The van der Waals surface area contributed by atoms with Crippen LogP contribution in [0.4, 0.5) is 0 Å². The van der Waals surface area contributed by atoms with E-state index in [1.165, 1.54) is 0 Å². The number of rotatable bonds is 8. The van der Waals surface area contributed by atoms with E-state index in [1.807, 2.05) is 36.4 Å². The van der Waals surface area contributed by atoms with Crippen LogP contribution in [0.5, 0.6) is 11.5 Å². The zero-order chi connectivity index (χ0) is 23.1. The van der Waals surface area contributed by atoms with Crippen molar-refractivity contribution in [1.82, 2.24) is 5.43 Å². The van der Waals surface area contributed by atoms with E-state index in [4.69, 9.17) is 32.7 Å². The average molecular weight is 648 g/mol. The molecule has 0 aliphatic carbocycles. The second-order valence-corrected chi connectivity index (χ2v) is 9.58. The molecule has 5 nitrogen and oxygen atoms in total. The van der Waals surface area contributed by atoms with Gasteiger partial charge >= 0.3 is 0 Å². The SMILES string of the molecule is COc1cc(/C=N\NC(=O)Cc2ccc(Br)cc2)cc(I)c1OCc1ccc(Cl)cc1Cl. The van der Waals surface area contributed by atoms with Crippen LogP contribution in [0, 0.1) is 3.57 Å². The molecule has 3 aromatic rings. The van der Waals surface area contributed by atoms with E-state index in [1.54, 1.807) is 31.5 Å². The minimum atomic E-state index is -0.204. The van der Waals surface area contributed by atoms with Crippen molar-refractivity contribution in [3.8, 4) is 11.5 Å². The van der Waals surface area contributed by atoms with Crippen molar-refractivity contribution in [3.05, 3.63) is 89.4 Å². The Kier molecular flexibility index (Phi) is 9.22. The largest absolute Gasteiger partial charge is 0.493 e. The van der Waals surface area contributed by atoms with Gasteiger partial charge in [0.2, 0.25) is 5.91 Å². The third-order valence-corrected chi connectivity index (χ3v) is 6.24. The van der Waals surface area contributed by atoms with Crippen LogP contribution in [0.15, 0.2) is 64.2 Å². The van der Waals surface area contributed by atoms with Crippen LogP contribution in [0.1, 0.15) is 16.7 Å². The number of nitrogens with zero attached hydrogens (tertiary/aromatic N) is 1. The molecule has 0 spiro atoms. The lowest BCUT2D eigenvalue weighted by Crippen LogP contribution is -2.19. The molecule has 1 N–H and O–H groups in total. The van der Waals surface area contributed by atoms with Gasteiger partial charge in [-0.05, 0) is 70.1 Å². The van der Waals surface area contributed by atoms with Gasteiger partial charge in [0, 0.05) is 20.1 Å². The number of benzene rings is 3. The number of hydrogen-bond acceptors (Lipinski definition) is 4. The zero-order valence-corrected chi connectivity index (χ0v) is 22.1. The van der Waals surface area contributed by atoms with Gasteiger partial charge in [-0.25, -0.2) is 5.43 Å². The predicted molar refractivity (Wildman–Crippen MR) is 140 cm³/mol. The number of hydrazone groups is 1. The molecular weight excluding hydrogens is 630 g/mol. The maximum absolute atomic E-state index is 12.1. The van der Waals surface area contributed by atoms with Crippen LogP contribution in [-0.4, -0.2) is 19.2 Å². The highest BCUT2D eigenvalue weighted by Gasteiger charge is 2.13. The molecule has 0 aliphatic rings. The predicted octanol–water partition coefficient (Wildman–Crippen LogP) is 6.64. The molecule has 9 heteroatoms. The van der Waals surface area contributed by atoms with Crippen molar-refractivity contribution in [2.75, 3.05) is 7.11 Å². The summed E-state index contributed by atoms with van der Waals surface area (Å²) in [5, 5.41) is 5.16. The first kappa shape index (κ1) is 24.8. The van der Waals surface area contributed by atoms with Crippen LogP contribution in [0.25, 0.3) is 0 Å². The standard InChI is InChI=1S/C23H18BrCl2IN2O3/c1-31-21-9-15(12-28-29-22(30)10-14-2-5-17(24)6-3-14)8-20(27)23(21)32-13-16-4-7-18(25)11-19(16)26/h2-9,11-12H,10,13H2,1H3,(H,29,30)/b28-12-. The summed E-state index contributed by atoms with van der Waals surface area (Å²) in [7, 11) is 1.56. The average Bonchev–Trinajstić information content (AvgIpc) is 2.75. The number of hydrogen-bond donors (Lipinski definition) is 1. The van der Waals surface area contributed by atoms with Crippen LogP contribution < -0.4 is 14.9 Å². The van der Waals surface area contributed by atoms with Crippen molar-refractivity contribution in [3.63, 3.8) is 0 Å². The van der Waals surface area contributed by atoms with Crippen molar-refractivity contribution in [2.45, 2.75) is 13.0 Å². The molecule has 0 unspecified atom stereocenters. The zero-order valence-electron chi connectivity index (χ0n) is 16.9. The number of methoxy groups -OCH3 is 1. The summed E-state index contributed by atoms with van der Waals surface area (Å²) in [6.45, 7) is 0.266. The van der Waals surface area contributed by atoms with E-state index >= 15 is 0 Å². The third-order valence-electron chi connectivity index (χ3n) is 4.32. The fraction of sp³-hybridized carbons (Fsp3) is 0.130. The summed E-state index contributed by atoms with van der Waals surface area (Å²) >= 11 is 17.7. The summed E-state index contributed by atoms with van der Waals surface area (Å²) in [6.07, 6.45) is 1.80. The highest BCUT2D eigenvalue weighted by molar-refractivity contribution is 14.1. The van der Waals surface area contributed by atoms with Gasteiger partial charge < -0.3 is 9.47 Å². The minimum Gasteiger partial charge on any atom is -0.493 e. The summed E-state index contributed by atoms with van der Waals surface area (Å²) in [5.41, 5.74) is 5.01. The van der Waals surface area contributed by atoms with E-state index < -0.39 is 0 Å². The fourth-order valence-electron chi connectivity index (χ4n) is 2.75. The van der Waals surface area contributed by atoms with Gasteiger partial charge in [0.15, 0.2) is 11.5 Å². The normalized spacial score (nSPS) is 10.9. The lowest BCUT2D eigenvalue weighted by molar-refractivity contribution is -0.120. The van der Waals surface area contributed by atoms with E-state index in [9.17, 15) is 4.79 Å². The Morgan fingerprint density at radius 2 is 1.91 bits per heavy atom. The Labute approximate surface area is 218 Å². The molecular formula is C23H18BrCl2IN2O3. The van der Waals surface area contributed by atoms with E-state index in [0.29, 0.717) is 21.5 Å². The first-order valence-electron chi connectivity index (χ1n) is 9.36. The Balaban J connectivity index is 1.64. The minimum absolute atomic E-state index is 0.204. The van der Waals surface area contributed by atoms with Crippen molar-refractivity contribution >= 4 is 73.8 Å². The molecule has 0 radical (unpaired) electrons. The smallest absolute Gasteiger partial charge is 0.244 e. The molecule has 3 rings (SSSR count). The van der Waals surface area contributed by atoms with Crippen LogP contribution in [0.3, 0.4) is 0 Å². The third kappa shape index (κ3) is 7.10. The summed E-state index contributed by atoms with van der Waals surface area (Å²) < 4.78 is 13.2. The Morgan fingerprint density at radius 1 is 1.16 bits per heavy atom. The molecule has 1 amide bonds. The number of carbonyl (C=O) groups excluding carboxylic acids is 1. The van der Waals surface area contributed by atoms with Gasteiger partial charge in [-0.1, -0.05) is 57.3 Å². The van der Waals surface area contributed by atoms with Gasteiger partial charge in [0.1, 0.15) is 6.61 Å². The quantitative estimate of drug-likeness (QED) is 0.169. The molecule has 32 heavy (non-hydrogen) atoms. The number of amides is 1. The summed E-state index contributed by atoms with van der Waals surface area (Å²) in [6, 6.07) is 16.5. The maximum atomic E-state index is 12.1. The van der Waals surface area contributed by atoms with Gasteiger partial charge in [0.25, 0.3) is 0 Å². The number of carbonyl (C=O) groups is 1. The molecule has 3 aromatic carbocycles. The number of halogens is 4. The van der Waals surface area contributed by atoms with E-state index in [0.717, 1.165) is 24.7 Å². The molecule has 0 bridgehead atoms. The van der Waals surface area contributed by atoms with Crippen molar-refractivity contribution in [2.24, 2.45) is 5.10 Å². The topological polar surface area (TPSA) is 59.9 Å². The van der Waals surface area contributed by atoms with Crippen LogP contribution in [0.2, 0.25) is 10.0 Å². The van der Waals surface area contributed by atoms with Gasteiger partial charge in [-0.15, -0.1) is 0 Å². The van der Waals surface area contributed by atoms with Crippen LogP contribution in [-0.2, 0) is 17.8 Å². The Bertz CT molecular complexity index is 1140. The molecule has 166 valence electrons. The molecule has 0 fully saturated rings. The van der Waals surface area contributed by atoms with E-state index in [-0.39, 0.29) is 18.9 Å². The first-order valence-corrected chi connectivity index (χ1v) is 12.0. The summed E-state index contributed by atoms with van der Waals surface area (Å²) in [5.74, 6) is 0.935. The molecule has 0 saturated carbocycles. The summed E-state index contributed by atoms with van der Waals surface area (Å²) in [4.78, 5) is 12.1. The van der Waals surface area contributed by atoms with Crippen LogP contribution >= 0.6 is 61.7 Å². The molecule has 0 atom stereocenters. The molecule has 0 aliphatic heterocycles. The van der Waals surface area contributed by atoms with Gasteiger partial charge in [0.05, 0.1) is 23.3 Å². The highest BCUT2D eigenvalue weighted by atomic mass is 127. The Morgan fingerprint density at radius 3 is 2.59 bits per heavy atom. The second kappa shape index (κ2) is 11.9. The lowest BCUT2D eigenvalue weighted by Gasteiger charge is -2.14. The van der Waals surface area contributed by atoms with Gasteiger partial charge in [-0.3, -0.25) is 4.79 Å². The Hall–Kier alpha value is -1.81. The first-order chi connectivity index (χ1) is 15.4. The number of ether oxygens (including phenoxy) is 2. The highest BCUT2D eigenvalue weighted by Crippen LogP contribution is 2.34. The fourth-order valence-corrected chi connectivity index (χ4v) is 4.26. The van der Waals surface area contributed by atoms with Gasteiger partial charge in [-0.2, -0.15) is 5.10 Å². The molecule has 0 aromatic heterocycles. The van der Waals surface area contributed by atoms with Crippen molar-refractivity contribution in [1.29, 1.82) is 0 Å². The van der Waals surface area contributed by atoms with E-state index in [2.05, 4.69) is 49.0 Å². The number of nitrogens with one attached hydrogen (secondary N) is 1. The molecule has 0 heterocycles. The lowest BCUT2D eigenvalue weighted by atomic mass is 10.1. The molecule has 0 saturated heterocycles.